The van der Waals surface area contributed by atoms with Crippen LogP contribution in [-0.2, 0) is 29.1 Å². The van der Waals surface area contributed by atoms with E-state index in [1.807, 2.05) is 13.8 Å². The fraction of sp³-hybridized carbons (Fsp3) is 0.438. The highest BCUT2D eigenvalue weighted by molar-refractivity contribution is 7.89. The summed E-state index contributed by atoms with van der Waals surface area (Å²) in [5, 5.41) is 5.13. The molecule has 3 N–H and O–H groups in total. The zero-order chi connectivity index (χ0) is 19.7. The van der Waals surface area contributed by atoms with Gasteiger partial charge in [0.15, 0.2) is 6.61 Å². The third kappa shape index (κ3) is 7.62. The Kier molecular flexibility index (Phi) is 8.20. The molecule has 144 valence electrons. The molecular weight excluding hydrogens is 362 g/mol. The molecule has 0 fully saturated rings. The number of carbonyl (C=O) groups excluding carboxylic acids is 3. The van der Waals surface area contributed by atoms with Gasteiger partial charge in [-0.3, -0.25) is 14.4 Å². The molecule has 1 rings (SSSR count). The minimum atomic E-state index is -3.93. The van der Waals surface area contributed by atoms with E-state index < -0.39 is 35.1 Å². The highest BCUT2D eigenvalue weighted by Crippen LogP contribution is 2.13. The van der Waals surface area contributed by atoms with Crippen molar-refractivity contribution in [3.63, 3.8) is 0 Å². The maximum absolute atomic E-state index is 12.1. The van der Waals surface area contributed by atoms with Crippen molar-refractivity contribution in [1.29, 1.82) is 0 Å². The third-order valence-electron chi connectivity index (χ3n) is 3.28. The van der Waals surface area contributed by atoms with Gasteiger partial charge >= 0.3 is 5.97 Å². The monoisotopic (exact) mass is 385 g/mol. The molecule has 10 heteroatoms. The predicted octanol–water partition coefficient (Wildman–Crippen LogP) is 0.381. The maximum Gasteiger partial charge on any atom is 0.321 e. The summed E-state index contributed by atoms with van der Waals surface area (Å²) in [7, 11) is -3.93. The van der Waals surface area contributed by atoms with Crippen LogP contribution in [0.2, 0.25) is 0 Å². The van der Waals surface area contributed by atoms with Crippen LogP contribution in [-0.4, -0.2) is 45.4 Å². The van der Waals surface area contributed by atoms with Crippen molar-refractivity contribution in [1.82, 2.24) is 10.0 Å². The normalized spacial score (nSPS) is 12.1. The van der Waals surface area contributed by atoms with Gasteiger partial charge in [0.25, 0.3) is 5.91 Å². The molecule has 0 aliphatic rings. The van der Waals surface area contributed by atoms with E-state index in [0.29, 0.717) is 5.69 Å². The van der Waals surface area contributed by atoms with Gasteiger partial charge in [0.05, 0.1) is 4.90 Å². The molecule has 0 bridgehead atoms. The Labute approximate surface area is 152 Å². The van der Waals surface area contributed by atoms with Crippen LogP contribution in [0.25, 0.3) is 0 Å². The van der Waals surface area contributed by atoms with E-state index >= 15 is 0 Å². The Morgan fingerprint density at radius 1 is 1.15 bits per heavy atom. The molecular formula is C16H23N3O6S. The van der Waals surface area contributed by atoms with Gasteiger partial charge in [-0.1, -0.05) is 6.92 Å². The van der Waals surface area contributed by atoms with Crippen LogP contribution in [0.15, 0.2) is 29.2 Å². The molecule has 1 atom stereocenters. The molecule has 2 amide bonds. The molecule has 0 spiro atoms. The Morgan fingerprint density at radius 3 is 2.31 bits per heavy atom. The number of ether oxygens (including phenoxy) is 1. The Hall–Kier alpha value is -2.46. The van der Waals surface area contributed by atoms with Crippen LogP contribution < -0.4 is 15.4 Å². The molecule has 26 heavy (non-hydrogen) atoms. The molecule has 0 unspecified atom stereocenters. The summed E-state index contributed by atoms with van der Waals surface area (Å²) in [6, 6.07) is 5.39. The van der Waals surface area contributed by atoms with Crippen molar-refractivity contribution in [3.05, 3.63) is 24.3 Å². The summed E-state index contributed by atoms with van der Waals surface area (Å²) in [5.74, 6) is -1.61. The van der Waals surface area contributed by atoms with Crippen LogP contribution in [0.3, 0.4) is 0 Å². The van der Waals surface area contributed by atoms with Crippen LogP contribution in [0.1, 0.15) is 27.2 Å². The Bertz CT molecular complexity index is 746. The lowest BCUT2D eigenvalue weighted by molar-refractivity contribution is -0.147. The SMILES string of the molecule is CC[C@@H](C)NC(=O)COC(=O)CNS(=O)(=O)c1ccc(NC(C)=O)cc1. The lowest BCUT2D eigenvalue weighted by Gasteiger charge is -2.11. The fourth-order valence-electron chi connectivity index (χ4n) is 1.77. The van der Waals surface area contributed by atoms with E-state index in [1.165, 1.54) is 31.2 Å². The Balaban J connectivity index is 2.50. The zero-order valence-corrected chi connectivity index (χ0v) is 15.7. The van der Waals surface area contributed by atoms with Gasteiger partial charge in [-0.2, -0.15) is 4.72 Å². The van der Waals surface area contributed by atoms with Gasteiger partial charge in [-0.15, -0.1) is 0 Å². The molecule has 0 aliphatic heterocycles. The van der Waals surface area contributed by atoms with Gasteiger partial charge < -0.3 is 15.4 Å². The van der Waals surface area contributed by atoms with E-state index in [4.69, 9.17) is 4.74 Å². The van der Waals surface area contributed by atoms with Crippen molar-refractivity contribution in [2.45, 2.75) is 38.1 Å². The van der Waals surface area contributed by atoms with Crippen molar-refractivity contribution in [3.8, 4) is 0 Å². The summed E-state index contributed by atoms with van der Waals surface area (Å²) in [6.07, 6.45) is 0.736. The molecule has 1 aromatic rings. The first kappa shape index (κ1) is 21.6. The van der Waals surface area contributed by atoms with Crippen molar-refractivity contribution in [2.24, 2.45) is 0 Å². The second-order valence-electron chi connectivity index (χ2n) is 5.57. The minimum Gasteiger partial charge on any atom is -0.455 e. The Morgan fingerprint density at radius 2 is 1.77 bits per heavy atom. The minimum absolute atomic E-state index is 0.0415. The first-order valence-corrected chi connectivity index (χ1v) is 9.44. The number of benzene rings is 1. The summed E-state index contributed by atoms with van der Waals surface area (Å²) < 4.78 is 31.0. The molecule has 0 radical (unpaired) electrons. The quantitative estimate of drug-likeness (QED) is 0.527. The van der Waals surface area contributed by atoms with E-state index in [1.54, 1.807) is 0 Å². The first-order valence-electron chi connectivity index (χ1n) is 7.96. The molecule has 0 aromatic heterocycles. The number of anilines is 1. The number of carbonyl (C=O) groups is 3. The van der Waals surface area contributed by atoms with E-state index in [-0.39, 0.29) is 16.8 Å². The van der Waals surface area contributed by atoms with Crippen molar-refractivity contribution < 1.29 is 27.5 Å². The molecule has 0 heterocycles. The largest absolute Gasteiger partial charge is 0.455 e. The molecule has 0 saturated carbocycles. The van der Waals surface area contributed by atoms with Crippen LogP contribution in [0.4, 0.5) is 5.69 Å². The van der Waals surface area contributed by atoms with Gasteiger partial charge in [-0.25, -0.2) is 8.42 Å². The standard InChI is InChI=1S/C16H23N3O6S/c1-4-11(2)18-15(21)10-25-16(22)9-17-26(23,24)14-7-5-13(6-8-14)19-12(3)20/h5-8,11,17H,4,9-10H2,1-3H3,(H,18,21)(H,19,20)/t11-/m1/s1. The fourth-order valence-corrected chi connectivity index (χ4v) is 2.74. The highest BCUT2D eigenvalue weighted by atomic mass is 32.2. The number of esters is 1. The number of hydrogen-bond donors (Lipinski definition) is 3. The van der Waals surface area contributed by atoms with E-state index in [9.17, 15) is 22.8 Å². The predicted molar refractivity (Wildman–Crippen MR) is 94.8 cm³/mol. The lowest BCUT2D eigenvalue weighted by atomic mass is 10.2. The molecule has 9 nitrogen and oxygen atoms in total. The number of amides is 2. The molecule has 1 aromatic carbocycles. The lowest BCUT2D eigenvalue weighted by Crippen LogP contribution is -2.37. The summed E-state index contributed by atoms with van der Waals surface area (Å²) in [6.45, 7) is 3.96. The molecule has 0 aliphatic carbocycles. The number of rotatable bonds is 9. The van der Waals surface area contributed by atoms with Gasteiger partial charge in [0.1, 0.15) is 6.54 Å². The zero-order valence-electron chi connectivity index (χ0n) is 14.9. The summed E-state index contributed by atoms with van der Waals surface area (Å²) in [4.78, 5) is 33.9. The number of sulfonamides is 1. The van der Waals surface area contributed by atoms with Crippen molar-refractivity contribution >= 4 is 33.5 Å². The van der Waals surface area contributed by atoms with E-state index in [2.05, 4.69) is 15.4 Å². The van der Waals surface area contributed by atoms with E-state index in [0.717, 1.165) is 6.42 Å². The topological polar surface area (TPSA) is 131 Å². The third-order valence-corrected chi connectivity index (χ3v) is 4.69. The van der Waals surface area contributed by atoms with Crippen LogP contribution >= 0.6 is 0 Å². The number of nitrogens with one attached hydrogen (secondary N) is 3. The second-order valence-corrected chi connectivity index (χ2v) is 7.33. The summed E-state index contributed by atoms with van der Waals surface area (Å²) >= 11 is 0. The number of hydrogen-bond acceptors (Lipinski definition) is 6. The van der Waals surface area contributed by atoms with Gasteiger partial charge in [0, 0.05) is 18.7 Å². The summed E-state index contributed by atoms with van der Waals surface area (Å²) in [5.41, 5.74) is 0.447. The first-order chi connectivity index (χ1) is 12.1. The van der Waals surface area contributed by atoms with Crippen molar-refractivity contribution in [2.75, 3.05) is 18.5 Å². The maximum atomic E-state index is 12.1. The van der Waals surface area contributed by atoms with Crippen LogP contribution in [0, 0.1) is 0 Å². The average Bonchev–Trinajstić information content (AvgIpc) is 2.58. The molecule has 0 saturated heterocycles. The van der Waals surface area contributed by atoms with Gasteiger partial charge in [-0.05, 0) is 37.6 Å². The van der Waals surface area contributed by atoms with Crippen LogP contribution in [0.5, 0.6) is 0 Å². The average molecular weight is 385 g/mol. The highest BCUT2D eigenvalue weighted by Gasteiger charge is 2.17. The van der Waals surface area contributed by atoms with Gasteiger partial charge in [0.2, 0.25) is 15.9 Å². The smallest absolute Gasteiger partial charge is 0.321 e. The second kappa shape index (κ2) is 9.88.